The maximum Gasteiger partial charge on any atom is 0.0602 e. The van der Waals surface area contributed by atoms with Gasteiger partial charge in [0.15, 0.2) is 0 Å². The summed E-state index contributed by atoms with van der Waals surface area (Å²) in [5.41, 5.74) is 4.84. The molecule has 0 saturated heterocycles. The minimum atomic E-state index is 0.831. The number of rotatable bonds is 4. The number of aromatic nitrogens is 1. The largest absolute Gasteiger partial charge is 0.388 e. The minimum Gasteiger partial charge on any atom is -0.388 e. The van der Waals surface area contributed by atoms with Crippen molar-refractivity contribution in [1.82, 2.24) is 4.57 Å². The molecule has 2 aromatic carbocycles. The molecule has 0 bridgehead atoms. The molecule has 20 heavy (non-hydrogen) atoms. The van der Waals surface area contributed by atoms with Gasteiger partial charge >= 0.3 is 0 Å². The number of anilines is 2. The van der Waals surface area contributed by atoms with E-state index in [1.54, 1.807) is 0 Å². The standard InChI is InChI=1S/C17H19N3/c1-18-14-9-7-13(8-10-14)11-19-16-12-20(2)17-6-4-3-5-15(16)17/h3-10,12,18-19H,11H2,1-2H3. The first kappa shape index (κ1) is 12.6. The molecule has 0 aliphatic rings. The van der Waals surface area contributed by atoms with E-state index >= 15 is 0 Å². The first-order valence-corrected chi connectivity index (χ1v) is 6.82. The van der Waals surface area contributed by atoms with Crippen LogP contribution in [0, 0.1) is 0 Å². The van der Waals surface area contributed by atoms with Crippen LogP contribution in [0.3, 0.4) is 0 Å². The highest BCUT2D eigenvalue weighted by Gasteiger charge is 2.05. The molecule has 0 saturated carbocycles. The third kappa shape index (κ3) is 2.35. The quantitative estimate of drug-likeness (QED) is 0.750. The molecule has 3 rings (SSSR count). The molecular formula is C17H19N3. The fourth-order valence-electron chi connectivity index (χ4n) is 2.47. The molecule has 1 heterocycles. The SMILES string of the molecule is CNc1ccc(CNc2cn(C)c3ccccc23)cc1. The number of hydrogen-bond donors (Lipinski definition) is 2. The van der Waals surface area contributed by atoms with Crippen LogP contribution in [0.25, 0.3) is 10.9 Å². The van der Waals surface area contributed by atoms with E-state index in [1.165, 1.54) is 22.2 Å². The van der Waals surface area contributed by atoms with E-state index in [2.05, 4.69) is 77.0 Å². The van der Waals surface area contributed by atoms with Gasteiger partial charge in [0.2, 0.25) is 0 Å². The van der Waals surface area contributed by atoms with Crippen molar-refractivity contribution in [3.8, 4) is 0 Å². The van der Waals surface area contributed by atoms with Gasteiger partial charge in [-0.2, -0.15) is 0 Å². The molecule has 0 unspecified atom stereocenters. The van der Waals surface area contributed by atoms with Crippen molar-refractivity contribution in [2.24, 2.45) is 7.05 Å². The number of fused-ring (bicyclic) bond motifs is 1. The highest BCUT2D eigenvalue weighted by Crippen LogP contribution is 2.25. The fraction of sp³-hybridized carbons (Fsp3) is 0.176. The monoisotopic (exact) mass is 265 g/mol. The zero-order valence-electron chi connectivity index (χ0n) is 11.9. The summed E-state index contributed by atoms with van der Waals surface area (Å²) in [6, 6.07) is 16.9. The van der Waals surface area contributed by atoms with Crippen LogP contribution in [0.1, 0.15) is 5.56 Å². The topological polar surface area (TPSA) is 29.0 Å². The van der Waals surface area contributed by atoms with Crippen LogP contribution in [0.15, 0.2) is 54.7 Å². The van der Waals surface area contributed by atoms with Crippen LogP contribution < -0.4 is 10.6 Å². The Hall–Kier alpha value is -2.42. The molecule has 0 aliphatic carbocycles. The van der Waals surface area contributed by atoms with Gasteiger partial charge in [-0.15, -0.1) is 0 Å². The van der Waals surface area contributed by atoms with Gasteiger partial charge in [0.05, 0.1) is 5.69 Å². The number of para-hydroxylation sites is 1. The molecule has 0 aliphatic heterocycles. The smallest absolute Gasteiger partial charge is 0.0602 e. The molecule has 1 aromatic heterocycles. The zero-order valence-corrected chi connectivity index (χ0v) is 11.9. The Balaban J connectivity index is 1.79. The zero-order chi connectivity index (χ0) is 13.9. The summed E-state index contributed by atoms with van der Waals surface area (Å²) < 4.78 is 2.15. The average molecular weight is 265 g/mol. The average Bonchev–Trinajstić information content (AvgIpc) is 2.83. The predicted octanol–water partition coefficient (Wildman–Crippen LogP) is 3.83. The maximum atomic E-state index is 3.52. The molecule has 2 N–H and O–H groups in total. The molecule has 0 fully saturated rings. The molecular weight excluding hydrogens is 246 g/mol. The van der Waals surface area contributed by atoms with Crippen LogP contribution in [-0.2, 0) is 13.6 Å². The van der Waals surface area contributed by atoms with Gasteiger partial charge in [0.25, 0.3) is 0 Å². The number of nitrogens with zero attached hydrogens (tertiary/aromatic N) is 1. The van der Waals surface area contributed by atoms with E-state index in [9.17, 15) is 0 Å². The Kier molecular flexibility index (Phi) is 3.33. The lowest BCUT2D eigenvalue weighted by Gasteiger charge is -2.06. The van der Waals surface area contributed by atoms with Gasteiger partial charge in [0.1, 0.15) is 0 Å². The number of nitrogens with one attached hydrogen (secondary N) is 2. The second-order valence-electron chi connectivity index (χ2n) is 4.97. The number of aryl methyl sites for hydroxylation is 1. The van der Waals surface area contributed by atoms with Crippen LogP contribution >= 0.6 is 0 Å². The maximum absolute atomic E-state index is 3.52. The van der Waals surface area contributed by atoms with Crippen LogP contribution in [0.4, 0.5) is 11.4 Å². The van der Waals surface area contributed by atoms with Gasteiger partial charge in [-0.05, 0) is 23.8 Å². The van der Waals surface area contributed by atoms with Gasteiger partial charge in [0, 0.05) is 43.4 Å². The van der Waals surface area contributed by atoms with Gasteiger partial charge in [-0.3, -0.25) is 0 Å². The summed E-state index contributed by atoms with van der Waals surface area (Å²) >= 11 is 0. The Morgan fingerprint density at radius 2 is 1.75 bits per heavy atom. The Morgan fingerprint density at radius 1 is 1.00 bits per heavy atom. The van der Waals surface area contributed by atoms with E-state index < -0.39 is 0 Å². The molecule has 3 aromatic rings. The second kappa shape index (κ2) is 5.29. The van der Waals surface area contributed by atoms with E-state index in [4.69, 9.17) is 0 Å². The lowest BCUT2D eigenvalue weighted by Crippen LogP contribution is -1.99. The second-order valence-corrected chi connectivity index (χ2v) is 4.97. The molecule has 3 heteroatoms. The van der Waals surface area contributed by atoms with Crippen molar-refractivity contribution in [2.45, 2.75) is 6.54 Å². The molecule has 0 radical (unpaired) electrons. The number of benzene rings is 2. The van der Waals surface area contributed by atoms with Crippen molar-refractivity contribution in [3.63, 3.8) is 0 Å². The first-order valence-electron chi connectivity index (χ1n) is 6.82. The van der Waals surface area contributed by atoms with Crippen molar-refractivity contribution < 1.29 is 0 Å². The van der Waals surface area contributed by atoms with E-state index in [0.29, 0.717) is 0 Å². The van der Waals surface area contributed by atoms with Crippen molar-refractivity contribution in [2.75, 3.05) is 17.7 Å². The van der Waals surface area contributed by atoms with Gasteiger partial charge in [-0.25, -0.2) is 0 Å². The van der Waals surface area contributed by atoms with Crippen molar-refractivity contribution in [1.29, 1.82) is 0 Å². The third-order valence-corrected chi connectivity index (χ3v) is 3.62. The fourth-order valence-corrected chi connectivity index (χ4v) is 2.47. The van der Waals surface area contributed by atoms with Crippen LogP contribution in [-0.4, -0.2) is 11.6 Å². The summed E-state index contributed by atoms with van der Waals surface area (Å²) in [5.74, 6) is 0. The minimum absolute atomic E-state index is 0.831. The van der Waals surface area contributed by atoms with Crippen LogP contribution in [0.2, 0.25) is 0 Å². The highest BCUT2D eigenvalue weighted by molar-refractivity contribution is 5.92. The summed E-state index contributed by atoms with van der Waals surface area (Å²) in [6.45, 7) is 0.831. The molecule has 0 amide bonds. The first-order chi connectivity index (χ1) is 9.78. The van der Waals surface area contributed by atoms with Crippen molar-refractivity contribution in [3.05, 3.63) is 60.3 Å². The summed E-state index contributed by atoms with van der Waals surface area (Å²) in [6.07, 6.45) is 2.15. The van der Waals surface area contributed by atoms with Crippen molar-refractivity contribution >= 4 is 22.3 Å². The lowest BCUT2D eigenvalue weighted by molar-refractivity contribution is 0.967. The molecule has 3 nitrogen and oxygen atoms in total. The third-order valence-electron chi connectivity index (χ3n) is 3.62. The molecule has 102 valence electrons. The predicted molar refractivity (Wildman–Crippen MR) is 86.2 cm³/mol. The van der Waals surface area contributed by atoms with E-state index in [-0.39, 0.29) is 0 Å². The Morgan fingerprint density at radius 3 is 2.50 bits per heavy atom. The van der Waals surface area contributed by atoms with E-state index in [0.717, 1.165) is 12.2 Å². The number of hydrogen-bond acceptors (Lipinski definition) is 2. The highest BCUT2D eigenvalue weighted by atomic mass is 15.0. The van der Waals surface area contributed by atoms with E-state index in [1.807, 2.05) is 7.05 Å². The van der Waals surface area contributed by atoms with Crippen LogP contribution in [0.5, 0.6) is 0 Å². The lowest BCUT2D eigenvalue weighted by atomic mass is 10.2. The molecule has 0 atom stereocenters. The summed E-state index contributed by atoms with van der Waals surface area (Å²) in [5, 5.41) is 7.92. The van der Waals surface area contributed by atoms with Gasteiger partial charge in [-0.1, -0.05) is 30.3 Å². The summed E-state index contributed by atoms with van der Waals surface area (Å²) in [7, 11) is 4.01. The van der Waals surface area contributed by atoms with Gasteiger partial charge < -0.3 is 15.2 Å². The Labute approximate surface area is 119 Å². The molecule has 0 spiro atoms. The Bertz CT molecular complexity index is 711. The normalized spacial score (nSPS) is 10.7. The summed E-state index contributed by atoms with van der Waals surface area (Å²) in [4.78, 5) is 0.